The fourth-order valence-electron chi connectivity index (χ4n) is 5.38. The Morgan fingerprint density at radius 1 is 1.03 bits per heavy atom. The van der Waals surface area contributed by atoms with E-state index >= 15 is 0 Å². The number of carbonyl (C=O) groups excluding carboxylic acids is 2. The number of carbonyl (C=O) groups is 2. The molecule has 1 N–H and O–H groups in total. The molecule has 2 aliphatic heterocycles. The third-order valence-electron chi connectivity index (χ3n) is 7.40. The maximum atomic E-state index is 13.7. The minimum Gasteiger partial charge on any atom is -0.378 e. The van der Waals surface area contributed by atoms with E-state index in [2.05, 4.69) is 10.2 Å². The van der Waals surface area contributed by atoms with Crippen molar-refractivity contribution < 1.29 is 14.3 Å². The molecule has 2 saturated heterocycles. The minimum atomic E-state index is -0.389. The zero-order valence-corrected chi connectivity index (χ0v) is 22.1. The Labute approximate surface area is 224 Å². The maximum absolute atomic E-state index is 13.7. The Bertz CT molecular complexity index is 1570. The second-order valence-electron chi connectivity index (χ2n) is 9.86. The van der Waals surface area contributed by atoms with Crippen molar-refractivity contribution >= 4 is 55.0 Å². The lowest BCUT2D eigenvalue weighted by atomic mass is 10.1. The molecular formula is C28H31N5O4S. The Kier molecular flexibility index (Phi) is 6.99. The first-order valence-corrected chi connectivity index (χ1v) is 14.2. The number of benzene rings is 1. The molecule has 2 amide bonds. The second kappa shape index (κ2) is 10.7. The smallest absolute Gasteiger partial charge is 0.258 e. The van der Waals surface area contributed by atoms with Crippen LogP contribution in [-0.2, 0) is 9.53 Å². The van der Waals surface area contributed by atoms with Crippen LogP contribution >= 0.6 is 11.3 Å². The Hall–Kier alpha value is -3.50. The number of aromatic nitrogens is 2. The highest BCUT2D eigenvalue weighted by atomic mass is 32.1. The van der Waals surface area contributed by atoms with E-state index < -0.39 is 0 Å². The van der Waals surface area contributed by atoms with Crippen molar-refractivity contribution in [3.05, 3.63) is 52.2 Å². The zero-order chi connectivity index (χ0) is 26.1. The first kappa shape index (κ1) is 24.8. The molecule has 0 spiro atoms. The zero-order valence-electron chi connectivity index (χ0n) is 21.3. The molecule has 10 heteroatoms. The number of anilines is 1. The van der Waals surface area contributed by atoms with E-state index in [0.717, 1.165) is 54.9 Å². The number of thiazole rings is 1. The normalized spacial score (nSPS) is 16.9. The van der Waals surface area contributed by atoms with Crippen LogP contribution in [0.25, 0.3) is 26.1 Å². The van der Waals surface area contributed by atoms with Gasteiger partial charge in [0.15, 0.2) is 5.65 Å². The summed E-state index contributed by atoms with van der Waals surface area (Å²) in [7, 11) is 0. The predicted molar refractivity (Wildman–Crippen MR) is 149 cm³/mol. The summed E-state index contributed by atoms with van der Waals surface area (Å²) in [6, 6.07) is 11.5. The van der Waals surface area contributed by atoms with Crippen molar-refractivity contribution in [3.8, 4) is 0 Å². The standard InChI is InChI=1S/C28H31N5O4S/c34-23-9-2-1-5-13-32(23)14-6-12-29-27(36)24-25(35)19-10-11-22(31-15-17-37-18-16-31)30-26(19)33-20-7-3-4-8-21(20)38-28(24)33/h3-4,7-8,10-11H,1-2,5-6,9,12-18H2,(H,29,36). The van der Waals surface area contributed by atoms with Crippen molar-refractivity contribution in [2.24, 2.45) is 0 Å². The van der Waals surface area contributed by atoms with E-state index in [9.17, 15) is 14.4 Å². The summed E-state index contributed by atoms with van der Waals surface area (Å²) in [4.78, 5) is 49.0. The molecule has 1 aromatic carbocycles. The van der Waals surface area contributed by atoms with Crippen LogP contribution in [0.4, 0.5) is 5.82 Å². The third-order valence-corrected chi connectivity index (χ3v) is 8.54. The molecule has 3 aromatic heterocycles. The number of pyridine rings is 2. The van der Waals surface area contributed by atoms with Crippen molar-refractivity contribution in [2.45, 2.75) is 32.1 Å². The molecule has 0 atom stereocenters. The maximum Gasteiger partial charge on any atom is 0.258 e. The van der Waals surface area contributed by atoms with E-state index in [4.69, 9.17) is 9.72 Å². The van der Waals surface area contributed by atoms with Gasteiger partial charge in [0.05, 0.1) is 28.8 Å². The molecule has 198 valence electrons. The Morgan fingerprint density at radius 2 is 1.87 bits per heavy atom. The van der Waals surface area contributed by atoms with Gasteiger partial charge in [0.2, 0.25) is 11.3 Å². The number of fused-ring (bicyclic) bond motifs is 5. The van der Waals surface area contributed by atoms with Gasteiger partial charge in [-0.3, -0.25) is 18.8 Å². The highest BCUT2D eigenvalue weighted by Crippen LogP contribution is 2.31. The van der Waals surface area contributed by atoms with Gasteiger partial charge in [0.1, 0.15) is 16.2 Å². The summed E-state index contributed by atoms with van der Waals surface area (Å²) in [6.45, 7) is 4.55. The molecule has 2 aliphatic rings. The van der Waals surface area contributed by atoms with Crippen molar-refractivity contribution in [1.82, 2.24) is 19.6 Å². The van der Waals surface area contributed by atoms with E-state index in [1.165, 1.54) is 11.3 Å². The summed E-state index contributed by atoms with van der Waals surface area (Å²) < 4.78 is 8.41. The molecule has 5 heterocycles. The number of amides is 2. The fourth-order valence-corrected chi connectivity index (χ4v) is 6.56. The monoisotopic (exact) mass is 533 g/mol. The highest BCUT2D eigenvalue weighted by molar-refractivity contribution is 7.24. The van der Waals surface area contributed by atoms with Gasteiger partial charge in [0, 0.05) is 39.1 Å². The summed E-state index contributed by atoms with van der Waals surface area (Å²) in [6.07, 6.45) is 4.31. The fraction of sp³-hybridized carbons (Fsp3) is 0.429. The number of hydrogen-bond acceptors (Lipinski definition) is 7. The molecule has 0 aliphatic carbocycles. The summed E-state index contributed by atoms with van der Waals surface area (Å²) in [5, 5.41) is 3.37. The summed E-state index contributed by atoms with van der Waals surface area (Å²) >= 11 is 1.43. The van der Waals surface area contributed by atoms with Crippen LogP contribution in [0.5, 0.6) is 0 Å². The van der Waals surface area contributed by atoms with E-state index in [0.29, 0.717) is 55.0 Å². The predicted octanol–water partition coefficient (Wildman–Crippen LogP) is 3.42. The first-order chi connectivity index (χ1) is 18.6. The number of likely N-dealkylation sites (tertiary alicyclic amines) is 1. The average molecular weight is 534 g/mol. The molecule has 0 unspecified atom stereocenters. The van der Waals surface area contributed by atoms with Crippen LogP contribution in [0.1, 0.15) is 42.5 Å². The van der Waals surface area contributed by atoms with Crippen LogP contribution in [-0.4, -0.2) is 72.0 Å². The topological polar surface area (TPSA) is 96.2 Å². The number of ether oxygens (including phenoxy) is 1. The van der Waals surface area contributed by atoms with Gasteiger partial charge in [-0.1, -0.05) is 18.6 Å². The Morgan fingerprint density at radius 3 is 2.74 bits per heavy atom. The van der Waals surface area contributed by atoms with Gasteiger partial charge in [-0.2, -0.15) is 0 Å². The molecule has 38 heavy (non-hydrogen) atoms. The summed E-state index contributed by atoms with van der Waals surface area (Å²) in [5.41, 5.74) is 1.30. The molecule has 2 fully saturated rings. The second-order valence-corrected chi connectivity index (χ2v) is 10.9. The number of nitrogens with zero attached hydrogens (tertiary/aromatic N) is 4. The lowest BCUT2D eigenvalue weighted by molar-refractivity contribution is -0.130. The lowest BCUT2D eigenvalue weighted by Gasteiger charge is -2.28. The third kappa shape index (κ3) is 4.63. The molecular weight excluding hydrogens is 502 g/mol. The van der Waals surface area contributed by atoms with Gasteiger partial charge in [-0.15, -0.1) is 11.3 Å². The number of hydrogen-bond donors (Lipinski definition) is 1. The lowest BCUT2D eigenvalue weighted by Crippen LogP contribution is -2.37. The van der Waals surface area contributed by atoms with Gasteiger partial charge < -0.3 is 19.9 Å². The number of morpholine rings is 1. The Balaban J connectivity index is 1.34. The molecule has 6 rings (SSSR count). The average Bonchev–Trinajstić information content (AvgIpc) is 3.21. The SMILES string of the molecule is O=C(NCCCN1CCCCCC1=O)c1c(=O)c2ccc(N3CCOCC3)nc2n2c1sc1ccccc12. The minimum absolute atomic E-state index is 0.144. The molecule has 4 aromatic rings. The number of para-hydroxylation sites is 1. The molecule has 0 radical (unpaired) electrons. The first-order valence-electron chi connectivity index (χ1n) is 13.4. The van der Waals surface area contributed by atoms with E-state index in [1.807, 2.05) is 39.6 Å². The quantitative estimate of drug-likeness (QED) is 0.382. The van der Waals surface area contributed by atoms with E-state index in [1.54, 1.807) is 6.07 Å². The largest absolute Gasteiger partial charge is 0.378 e. The van der Waals surface area contributed by atoms with Gasteiger partial charge in [0.25, 0.3) is 5.91 Å². The molecule has 9 nitrogen and oxygen atoms in total. The van der Waals surface area contributed by atoms with Crippen LogP contribution in [0.3, 0.4) is 0 Å². The van der Waals surface area contributed by atoms with Crippen LogP contribution in [0.15, 0.2) is 41.2 Å². The number of nitrogens with one attached hydrogen (secondary N) is 1. The summed E-state index contributed by atoms with van der Waals surface area (Å²) in [5.74, 6) is 0.600. The van der Waals surface area contributed by atoms with Crippen LogP contribution < -0.4 is 15.6 Å². The van der Waals surface area contributed by atoms with Crippen molar-refractivity contribution in [3.63, 3.8) is 0 Å². The van der Waals surface area contributed by atoms with Crippen LogP contribution in [0.2, 0.25) is 0 Å². The molecule has 0 saturated carbocycles. The highest BCUT2D eigenvalue weighted by Gasteiger charge is 2.24. The van der Waals surface area contributed by atoms with Gasteiger partial charge >= 0.3 is 0 Å². The van der Waals surface area contributed by atoms with Crippen LogP contribution in [0, 0.1) is 0 Å². The van der Waals surface area contributed by atoms with Crippen molar-refractivity contribution in [1.29, 1.82) is 0 Å². The van der Waals surface area contributed by atoms with E-state index in [-0.39, 0.29) is 22.8 Å². The van der Waals surface area contributed by atoms with Gasteiger partial charge in [-0.05, 0) is 43.5 Å². The molecule has 0 bridgehead atoms. The number of rotatable bonds is 6. The van der Waals surface area contributed by atoms with Crippen molar-refractivity contribution in [2.75, 3.05) is 50.8 Å². The van der Waals surface area contributed by atoms with Gasteiger partial charge in [-0.25, -0.2) is 4.98 Å².